The lowest BCUT2D eigenvalue weighted by atomic mass is 10.2. The molecule has 1 aliphatic rings. The maximum absolute atomic E-state index is 5.67. The van der Waals surface area contributed by atoms with E-state index in [0.717, 1.165) is 42.8 Å². The highest BCUT2D eigenvalue weighted by Crippen LogP contribution is 2.24. The van der Waals surface area contributed by atoms with E-state index in [1.54, 1.807) is 6.20 Å². The van der Waals surface area contributed by atoms with Gasteiger partial charge in [-0.3, -0.25) is 4.90 Å². The Morgan fingerprint density at radius 3 is 2.95 bits per heavy atom. The monoisotopic (exact) mass is 301 g/mol. The molecule has 0 saturated carbocycles. The summed E-state index contributed by atoms with van der Waals surface area (Å²) in [4.78, 5) is 9.08. The van der Waals surface area contributed by atoms with E-state index in [4.69, 9.17) is 4.42 Å². The zero-order valence-electron chi connectivity index (χ0n) is 13.5. The van der Waals surface area contributed by atoms with E-state index in [-0.39, 0.29) is 0 Å². The summed E-state index contributed by atoms with van der Waals surface area (Å²) in [5.41, 5.74) is 0.977. The van der Waals surface area contributed by atoms with Crippen LogP contribution in [0.2, 0.25) is 0 Å². The van der Waals surface area contributed by atoms with Crippen LogP contribution >= 0.6 is 0 Å². The van der Waals surface area contributed by atoms with Gasteiger partial charge in [0.2, 0.25) is 5.89 Å². The van der Waals surface area contributed by atoms with Crippen LogP contribution in [0.5, 0.6) is 0 Å². The van der Waals surface area contributed by atoms with Crippen LogP contribution in [0.3, 0.4) is 0 Å². The van der Waals surface area contributed by atoms with Gasteiger partial charge in [0, 0.05) is 25.3 Å². The van der Waals surface area contributed by atoms with Crippen molar-refractivity contribution in [3.8, 4) is 0 Å². The summed E-state index contributed by atoms with van der Waals surface area (Å²) in [6, 6.07) is 4.45. The molecule has 0 radical (unpaired) electrons. The first-order valence-corrected chi connectivity index (χ1v) is 7.79. The number of aryl methyl sites for hydroxylation is 2. The molecule has 3 rings (SSSR count). The molecule has 1 fully saturated rings. The molecule has 0 N–H and O–H groups in total. The summed E-state index contributed by atoms with van der Waals surface area (Å²) >= 11 is 0. The maximum Gasteiger partial charge on any atom is 0.208 e. The second-order valence-corrected chi connectivity index (χ2v) is 6.02. The number of anilines is 1. The normalized spacial score (nSPS) is 18.4. The van der Waals surface area contributed by atoms with E-state index in [2.05, 4.69) is 32.0 Å². The standard InChI is InChI=1S/C16H23N5O/c1-12-13(2)22-16(18-12)11-20(3)10-14-6-5-9-21(14)15-7-4-8-17-19-15/h4,7-8,14H,5-6,9-11H2,1-3H3/t14-/m0/s1. The third-order valence-corrected chi connectivity index (χ3v) is 4.23. The van der Waals surface area contributed by atoms with Crippen LogP contribution in [0.25, 0.3) is 0 Å². The van der Waals surface area contributed by atoms with Crippen LogP contribution < -0.4 is 4.90 Å². The lowest BCUT2D eigenvalue weighted by Gasteiger charge is -2.28. The lowest BCUT2D eigenvalue weighted by Crippen LogP contribution is -2.39. The Hall–Kier alpha value is -1.95. The Morgan fingerprint density at radius 2 is 2.27 bits per heavy atom. The van der Waals surface area contributed by atoms with Crippen molar-refractivity contribution in [2.75, 3.05) is 25.0 Å². The molecule has 2 aromatic rings. The van der Waals surface area contributed by atoms with Crippen molar-refractivity contribution in [2.24, 2.45) is 0 Å². The highest BCUT2D eigenvalue weighted by atomic mass is 16.4. The molecule has 2 aromatic heterocycles. The molecule has 0 bridgehead atoms. The van der Waals surface area contributed by atoms with Gasteiger partial charge in [-0.1, -0.05) is 0 Å². The topological polar surface area (TPSA) is 58.3 Å². The molecular formula is C16H23N5O. The molecule has 22 heavy (non-hydrogen) atoms. The van der Waals surface area contributed by atoms with Gasteiger partial charge in [0.05, 0.1) is 12.2 Å². The van der Waals surface area contributed by atoms with Crippen molar-refractivity contribution in [1.29, 1.82) is 0 Å². The molecule has 1 saturated heterocycles. The summed E-state index contributed by atoms with van der Waals surface area (Å²) in [5, 5.41) is 8.24. The van der Waals surface area contributed by atoms with E-state index in [1.807, 2.05) is 26.0 Å². The molecule has 1 atom stereocenters. The molecule has 1 aliphatic heterocycles. The van der Waals surface area contributed by atoms with Crippen molar-refractivity contribution in [1.82, 2.24) is 20.1 Å². The lowest BCUT2D eigenvalue weighted by molar-refractivity contribution is 0.269. The summed E-state index contributed by atoms with van der Waals surface area (Å²) in [7, 11) is 2.11. The second-order valence-electron chi connectivity index (χ2n) is 6.02. The molecule has 3 heterocycles. The third kappa shape index (κ3) is 3.27. The van der Waals surface area contributed by atoms with Crippen molar-refractivity contribution in [3.05, 3.63) is 35.7 Å². The van der Waals surface area contributed by atoms with E-state index in [9.17, 15) is 0 Å². The van der Waals surface area contributed by atoms with Gasteiger partial charge in [-0.2, -0.15) is 5.10 Å². The molecule has 0 spiro atoms. The van der Waals surface area contributed by atoms with Crippen molar-refractivity contribution in [2.45, 2.75) is 39.3 Å². The summed E-state index contributed by atoms with van der Waals surface area (Å²) in [5.74, 6) is 2.67. The second kappa shape index (κ2) is 6.44. The zero-order valence-corrected chi connectivity index (χ0v) is 13.5. The van der Waals surface area contributed by atoms with Gasteiger partial charge >= 0.3 is 0 Å². The van der Waals surface area contributed by atoms with Gasteiger partial charge in [-0.05, 0) is 45.9 Å². The number of oxazole rings is 1. The summed E-state index contributed by atoms with van der Waals surface area (Å²) in [6.07, 6.45) is 4.10. The highest BCUT2D eigenvalue weighted by molar-refractivity contribution is 5.39. The fraction of sp³-hybridized carbons (Fsp3) is 0.562. The Bertz CT molecular complexity index is 593. The first-order chi connectivity index (χ1) is 10.6. The largest absolute Gasteiger partial charge is 0.444 e. The van der Waals surface area contributed by atoms with Gasteiger partial charge < -0.3 is 9.32 Å². The molecule has 0 aromatic carbocycles. The minimum absolute atomic E-state index is 0.471. The van der Waals surface area contributed by atoms with Crippen molar-refractivity contribution >= 4 is 5.82 Å². The third-order valence-electron chi connectivity index (χ3n) is 4.23. The number of hydrogen-bond acceptors (Lipinski definition) is 6. The van der Waals surface area contributed by atoms with Gasteiger partial charge in [0.25, 0.3) is 0 Å². The Labute approximate surface area is 131 Å². The zero-order chi connectivity index (χ0) is 15.5. The van der Waals surface area contributed by atoms with Crippen molar-refractivity contribution < 1.29 is 4.42 Å². The molecule has 6 heteroatoms. The number of rotatable bonds is 5. The van der Waals surface area contributed by atoms with Crippen LogP contribution in [-0.4, -0.2) is 46.3 Å². The first kappa shape index (κ1) is 15.0. The molecule has 6 nitrogen and oxygen atoms in total. The van der Waals surface area contributed by atoms with E-state index in [1.165, 1.54) is 12.8 Å². The van der Waals surface area contributed by atoms with Crippen LogP contribution in [-0.2, 0) is 6.54 Å². The minimum atomic E-state index is 0.471. The maximum atomic E-state index is 5.67. The number of nitrogens with zero attached hydrogens (tertiary/aromatic N) is 5. The first-order valence-electron chi connectivity index (χ1n) is 7.79. The number of likely N-dealkylation sites (N-methyl/N-ethyl adjacent to an activating group) is 1. The SMILES string of the molecule is Cc1nc(CN(C)C[C@@H]2CCCN2c2cccnn2)oc1C. The van der Waals surface area contributed by atoms with Crippen LogP contribution in [0.1, 0.15) is 30.2 Å². The smallest absolute Gasteiger partial charge is 0.208 e. The van der Waals surface area contributed by atoms with Gasteiger partial charge in [-0.15, -0.1) is 5.10 Å². The van der Waals surface area contributed by atoms with Gasteiger partial charge in [0.1, 0.15) is 5.76 Å². The fourth-order valence-electron chi connectivity index (χ4n) is 3.04. The average molecular weight is 301 g/mol. The average Bonchev–Trinajstić information content (AvgIpc) is 3.07. The number of aromatic nitrogens is 3. The van der Waals surface area contributed by atoms with E-state index in [0.29, 0.717) is 6.04 Å². The van der Waals surface area contributed by atoms with Crippen LogP contribution in [0.4, 0.5) is 5.82 Å². The fourth-order valence-corrected chi connectivity index (χ4v) is 3.04. The Morgan fingerprint density at radius 1 is 1.41 bits per heavy atom. The predicted molar refractivity (Wildman–Crippen MR) is 84.7 cm³/mol. The summed E-state index contributed by atoms with van der Waals surface area (Å²) < 4.78 is 5.67. The van der Waals surface area contributed by atoms with Crippen molar-refractivity contribution in [3.63, 3.8) is 0 Å². The van der Waals surface area contributed by atoms with E-state index < -0.39 is 0 Å². The molecular weight excluding hydrogens is 278 g/mol. The minimum Gasteiger partial charge on any atom is -0.444 e. The van der Waals surface area contributed by atoms with Gasteiger partial charge in [-0.25, -0.2) is 4.98 Å². The predicted octanol–water partition coefficient (Wildman–Crippen LogP) is 2.18. The summed E-state index contributed by atoms with van der Waals surface area (Å²) in [6.45, 7) is 6.69. The van der Waals surface area contributed by atoms with E-state index >= 15 is 0 Å². The van der Waals surface area contributed by atoms with Crippen LogP contribution in [0.15, 0.2) is 22.7 Å². The Balaban J connectivity index is 1.61. The highest BCUT2D eigenvalue weighted by Gasteiger charge is 2.27. The Kier molecular flexibility index (Phi) is 4.38. The van der Waals surface area contributed by atoms with Gasteiger partial charge in [0.15, 0.2) is 5.82 Å². The molecule has 0 amide bonds. The number of hydrogen-bond donors (Lipinski definition) is 0. The quantitative estimate of drug-likeness (QED) is 0.843. The molecule has 118 valence electrons. The molecule has 0 unspecified atom stereocenters. The molecule has 0 aliphatic carbocycles. The van der Waals surface area contributed by atoms with Crippen LogP contribution in [0, 0.1) is 13.8 Å².